The van der Waals surface area contributed by atoms with Crippen molar-refractivity contribution >= 4 is 11.8 Å². The van der Waals surface area contributed by atoms with Gasteiger partial charge in [-0.15, -0.1) is 0 Å². The fourth-order valence-electron chi connectivity index (χ4n) is 1.79. The minimum atomic E-state index is 0.310. The summed E-state index contributed by atoms with van der Waals surface area (Å²) >= 11 is 0. The van der Waals surface area contributed by atoms with Crippen molar-refractivity contribution in [1.82, 2.24) is 14.9 Å². The van der Waals surface area contributed by atoms with Crippen molar-refractivity contribution in [3.05, 3.63) is 11.8 Å². The highest BCUT2D eigenvalue weighted by atomic mass is 16.5. The van der Waals surface area contributed by atoms with Gasteiger partial charge in [0.05, 0.1) is 13.2 Å². The van der Waals surface area contributed by atoms with E-state index < -0.39 is 0 Å². The van der Waals surface area contributed by atoms with E-state index in [1.165, 1.54) is 0 Å². The van der Waals surface area contributed by atoms with Gasteiger partial charge in [-0.1, -0.05) is 0 Å². The number of ether oxygens (including phenoxy) is 1. The first-order chi connectivity index (χ1) is 8.25. The topological polar surface area (TPSA) is 76.3 Å². The van der Waals surface area contributed by atoms with Crippen LogP contribution in [0, 0.1) is 6.92 Å². The maximum Gasteiger partial charge on any atom is 0.221 e. The number of aromatic nitrogens is 2. The summed E-state index contributed by atoms with van der Waals surface area (Å²) in [6.07, 6.45) is 1.74. The second-order valence-electron chi connectivity index (χ2n) is 4.14. The first-order valence-electron chi connectivity index (χ1n) is 5.89. The Labute approximate surface area is 101 Å². The predicted octanol–water partition coefficient (Wildman–Crippen LogP) is 0.111. The Morgan fingerprint density at radius 2 is 2.24 bits per heavy atom. The van der Waals surface area contributed by atoms with Crippen molar-refractivity contribution in [2.45, 2.75) is 6.92 Å². The van der Waals surface area contributed by atoms with Gasteiger partial charge in [-0.05, 0) is 6.92 Å². The summed E-state index contributed by atoms with van der Waals surface area (Å²) in [6, 6.07) is 0. The third-order valence-corrected chi connectivity index (χ3v) is 2.81. The molecule has 6 heteroatoms. The van der Waals surface area contributed by atoms with Gasteiger partial charge in [0.1, 0.15) is 5.82 Å². The van der Waals surface area contributed by atoms with Crippen LogP contribution in [-0.4, -0.2) is 54.3 Å². The molecule has 1 aliphatic heterocycles. The number of hydrogen-bond donors (Lipinski definition) is 2. The van der Waals surface area contributed by atoms with Gasteiger partial charge < -0.3 is 15.8 Å². The average Bonchev–Trinajstić information content (AvgIpc) is 2.35. The Morgan fingerprint density at radius 3 is 3.00 bits per heavy atom. The fourth-order valence-corrected chi connectivity index (χ4v) is 1.79. The molecular weight excluding hydrogens is 218 g/mol. The highest BCUT2D eigenvalue weighted by Gasteiger charge is 2.09. The predicted molar refractivity (Wildman–Crippen MR) is 66.9 cm³/mol. The summed E-state index contributed by atoms with van der Waals surface area (Å²) < 4.78 is 5.30. The molecule has 0 bridgehead atoms. The van der Waals surface area contributed by atoms with Gasteiger partial charge in [0.15, 0.2) is 0 Å². The molecule has 94 valence electrons. The molecule has 0 aromatic carbocycles. The summed E-state index contributed by atoms with van der Waals surface area (Å²) in [5, 5.41) is 3.29. The van der Waals surface area contributed by atoms with Gasteiger partial charge in [-0.25, -0.2) is 4.98 Å². The van der Waals surface area contributed by atoms with Crippen LogP contribution in [0.1, 0.15) is 5.56 Å². The van der Waals surface area contributed by atoms with Crippen LogP contribution in [-0.2, 0) is 4.74 Å². The maximum absolute atomic E-state index is 5.55. The number of nitrogens with zero attached hydrogens (tertiary/aromatic N) is 3. The van der Waals surface area contributed by atoms with Gasteiger partial charge in [-0.3, -0.25) is 4.90 Å². The molecule has 0 amide bonds. The SMILES string of the molecule is Cc1cnc(N)nc1NCCN1CCOCC1. The van der Waals surface area contributed by atoms with E-state index in [-0.39, 0.29) is 0 Å². The summed E-state index contributed by atoms with van der Waals surface area (Å²) in [5.41, 5.74) is 6.57. The van der Waals surface area contributed by atoms with Gasteiger partial charge in [0, 0.05) is 37.9 Å². The zero-order valence-electron chi connectivity index (χ0n) is 10.1. The lowest BCUT2D eigenvalue weighted by Crippen LogP contribution is -2.39. The van der Waals surface area contributed by atoms with Crippen molar-refractivity contribution in [1.29, 1.82) is 0 Å². The molecule has 1 aromatic heterocycles. The molecule has 1 fully saturated rings. The van der Waals surface area contributed by atoms with E-state index in [0.29, 0.717) is 5.95 Å². The molecule has 0 unspecified atom stereocenters. The Hall–Kier alpha value is -1.40. The number of rotatable bonds is 4. The highest BCUT2D eigenvalue weighted by molar-refractivity contribution is 5.44. The molecule has 0 radical (unpaired) electrons. The van der Waals surface area contributed by atoms with Gasteiger partial charge in [0.25, 0.3) is 0 Å². The van der Waals surface area contributed by atoms with E-state index in [4.69, 9.17) is 10.5 Å². The molecular formula is C11H19N5O. The van der Waals surface area contributed by atoms with Crippen LogP contribution in [0.3, 0.4) is 0 Å². The smallest absolute Gasteiger partial charge is 0.221 e. The number of aryl methyl sites for hydroxylation is 1. The second-order valence-corrected chi connectivity index (χ2v) is 4.14. The third-order valence-electron chi connectivity index (χ3n) is 2.81. The average molecular weight is 237 g/mol. The summed E-state index contributed by atoms with van der Waals surface area (Å²) in [6.45, 7) is 7.50. The van der Waals surface area contributed by atoms with E-state index in [1.54, 1.807) is 6.20 Å². The van der Waals surface area contributed by atoms with Crippen LogP contribution in [0.2, 0.25) is 0 Å². The van der Waals surface area contributed by atoms with Crippen LogP contribution in [0.5, 0.6) is 0 Å². The van der Waals surface area contributed by atoms with E-state index in [0.717, 1.165) is 50.8 Å². The number of nitrogens with two attached hydrogens (primary N) is 1. The molecule has 3 N–H and O–H groups in total. The first-order valence-corrected chi connectivity index (χ1v) is 5.89. The van der Waals surface area contributed by atoms with Crippen molar-refractivity contribution in [3.63, 3.8) is 0 Å². The quantitative estimate of drug-likeness (QED) is 0.774. The third kappa shape index (κ3) is 3.54. The minimum Gasteiger partial charge on any atom is -0.379 e. The molecule has 2 rings (SSSR count). The summed E-state index contributed by atoms with van der Waals surface area (Å²) in [7, 11) is 0. The maximum atomic E-state index is 5.55. The van der Waals surface area contributed by atoms with Crippen LogP contribution < -0.4 is 11.1 Å². The second kappa shape index (κ2) is 5.79. The van der Waals surface area contributed by atoms with Gasteiger partial charge in [-0.2, -0.15) is 4.98 Å². The lowest BCUT2D eigenvalue weighted by atomic mass is 10.3. The first kappa shape index (κ1) is 12.1. The zero-order valence-corrected chi connectivity index (χ0v) is 10.1. The molecule has 2 heterocycles. The molecule has 1 aromatic rings. The molecule has 1 aliphatic rings. The van der Waals surface area contributed by atoms with Crippen LogP contribution >= 0.6 is 0 Å². The van der Waals surface area contributed by atoms with E-state index in [1.807, 2.05) is 6.92 Å². The van der Waals surface area contributed by atoms with Gasteiger partial charge >= 0.3 is 0 Å². The normalized spacial score (nSPS) is 17.0. The molecule has 0 aliphatic carbocycles. The van der Waals surface area contributed by atoms with E-state index >= 15 is 0 Å². The number of nitrogen functional groups attached to an aromatic ring is 1. The number of hydrogen-bond acceptors (Lipinski definition) is 6. The molecule has 0 saturated carbocycles. The van der Waals surface area contributed by atoms with Crippen LogP contribution in [0.25, 0.3) is 0 Å². The lowest BCUT2D eigenvalue weighted by molar-refractivity contribution is 0.0398. The summed E-state index contributed by atoms with van der Waals surface area (Å²) in [5.74, 6) is 1.13. The van der Waals surface area contributed by atoms with Gasteiger partial charge in [0.2, 0.25) is 5.95 Å². The van der Waals surface area contributed by atoms with Crippen molar-refractivity contribution in [2.75, 3.05) is 50.4 Å². The highest BCUT2D eigenvalue weighted by Crippen LogP contribution is 2.10. The molecule has 0 atom stereocenters. The molecule has 1 saturated heterocycles. The lowest BCUT2D eigenvalue weighted by Gasteiger charge is -2.26. The van der Waals surface area contributed by atoms with E-state index in [9.17, 15) is 0 Å². The Balaban J connectivity index is 1.79. The zero-order chi connectivity index (χ0) is 12.1. The van der Waals surface area contributed by atoms with Crippen LogP contribution in [0.4, 0.5) is 11.8 Å². The number of nitrogens with one attached hydrogen (secondary N) is 1. The number of morpholine rings is 1. The van der Waals surface area contributed by atoms with Crippen molar-refractivity contribution in [3.8, 4) is 0 Å². The van der Waals surface area contributed by atoms with Crippen molar-refractivity contribution in [2.24, 2.45) is 0 Å². The van der Waals surface area contributed by atoms with E-state index in [2.05, 4.69) is 20.2 Å². The Bertz CT molecular complexity index is 365. The molecule has 6 nitrogen and oxygen atoms in total. The summed E-state index contributed by atoms with van der Waals surface area (Å²) in [4.78, 5) is 10.5. The fraction of sp³-hybridized carbons (Fsp3) is 0.636. The number of anilines is 2. The minimum absolute atomic E-state index is 0.310. The Kier molecular flexibility index (Phi) is 4.11. The molecule has 0 spiro atoms. The van der Waals surface area contributed by atoms with Crippen molar-refractivity contribution < 1.29 is 4.74 Å². The largest absolute Gasteiger partial charge is 0.379 e. The van der Waals surface area contributed by atoms with Crippen LogP contribution in [0.15, 0.2) is 6.20 Å². The Morgan fingerprint density at radius 1 is 1.47 bits per heavy atom. The monoisotopic (exact) mass is 237 g/mol. The molecule has 17 heavy (non-hydrogen) atoms. The standard InChI is InChI=1S/C11H19N5O/c1-9-8-14-11(12)15-10(9)13-2-3-16-4-6-17-7-5-16/h8H,2-7H2,1H3,(H3,12,13,14,15).